The number of nitrogens with one attached hydrogen (secondary N) is 2. The maximum atomic E-state index is 13.0. The average molecular weight is 671 g/mol. The van der Waals surface area contributed by atoms with Crippen LogP contribution in [0.5, 0.6) is 0 Å². The predicted molar refractivity (Wildman–Crippen MR) is 164 cm³/mol. The van der Waals surface area contributed by atoms with Crippen LogP contribution in [0.1, 0.15) is 51.7 Å². The van der Waals surface area contributed by atoms with Crippen molar-refractivity contribution in [2.45, 2.75) is 83.3 Å². The zero-order valence-corrected chi connectivity index (χ0v) is 27.0. The molecule has 0 radical (unpaired) electrons. The molecule has 1 aliphatic carbocycles. The molecule has 0 saturated carbocycles. The standard InChI is InChI=1S/C33H38N2O13/c1-16(27(31(40)41)35-33(42)44-14-25-23-12-8-6-10-21(23)22-11-7-9-13-24(22)25)45-32-28(34-17(2)36)30(47-20(5)39)29(46-19(4)38)26(48-32)15-43-18(3)37/h6-13,16,25-30,32H,14-15H2,1-5H3,(H,34,36)(H,35,42)(H,40,41)/t16?,26?,27-,28?,29?,30?,32?/m0/s1. The highest BCUT2D eigenvalue weighted by atomic mass is 16.7. The van der Waals surface area contributed by atoms with Gasteiger partial charge in [0.2, 0.25) is 5.91 Å². The van der Waals surface area contributed by atoms with E-state index in [0.29, 0.717) is 0 Å². The van der Waals surface area contributed by atoms with Crippen molar-refractivity contribution in [1.29, 1.82) is 0 Å². The molecule has 4 rings (SSSR count). The fraction of sp³-hybridized carbons (Fsp3) is 0.455. The van der Waals surface area contributed by atoms with E-state index < -0.39 is 85.3 Å². The van der Waals surface area contributed by atoms with Gasteiger partial charge in [0.1, 0.15) is 25.4 Å². The Balaban J connectivity index is 1.52. The molecule has 1 fully saturated rings. The number of carboxylic acids is 1. The average Bonchev–Trinajstić information content (AvgIpc) is 3.33. The quantitative estimate of drug-likeness (QED) is 0.219. The molecule has 3 N–H and O–H groups in total. The number of esters is 3. The van der Waals surface area contributed by atoms with Crippen molar-refractivity contribution >= 4 is 35.9 Å². The molecule has 6 unspecified atom stereocenters. The minimum absolute atomic E-state index is 0.0722. The summed E-state index contributed by atoms with van der Waals surface area (Å²) in [5.74, 6) is -4.67. The second-order valence-corrected chi connectivity index (χ2v) is 11.3. The van der Waals surface area contributed by atoms with Gasteiger partial charge in [0.05, 0.1) is 6.10 Å². The van der Waals surface area contributed by atoms with Crippen molar-refractivity contribution in [2.75, 3.05) is 13.2 Å². The lowest BCUT2D eigenvalue weighted by Gasteiger charge is -2.45. The SMILES string of the molecule is CC(=O)NC1C(OC(C)[C@H](NC(=O)OCC2c3ccccc3-c3ccccc32)C(=O)O)OC(COC(C)=O)C(OC(C)=O)C1OC(C)=O. The Kier molecular flexibility index (Phi) is 11.7. The second-order valence-electron chi connectivity index (χ2n) is 11.3. The Hall–Kier alpha value is -5.02. The molecule has 258 valence electrons. The van der Waals surface area contributed by atoms with E-state index in [2.05, 4.69) is 10.6 Å². The van der Waals surface area contributed by atoms with Crippen LogP contribution in [-0.4, -0.2) is 97.0 Å². The number of fused-ring (bicyclic) bond motifs is 3. The van der Waals surface area contributed by atoms with E-state index in [1.54, 1.807) is 0 Å². The third kappa shape index (κ3) is 8.66. The third-order valence-corrected chi connectivity index (χ3v) is 7.77. The van der Waals surface area contributed by atoms with Gasteiger partial charge in [-0.3, -0.25) is 19.2 Å². The molecule has 0 bridgehead atoms. The molecule has 1 saturated heterocycles. The smallest absolute Gasteiger partial charge is 0.407 e. The lowest BCUT2D eigenvalue weighted by atomic mass is 9.95. The zero-order chi connectivity index (χ0) is 35.1. The third-order valence-electron chi connectivity index (χ3n) is 7.77. The van der Waals surface area contributed by atoms with Crippen LogP contribution >= 0.6 is 0 Å². The van der Waals surface area contributed by atoms with Crippen molar-refractivity contribution in [3.63, 3.8) is 0 Å². The van der Waals surface area contributed by atoms with Crippen LogP contribution in [-0.2, 0) is 52.4 Å². The Morgan fingerprint density at radius 3 is 1.88 bits per heavy atom. The van der Waals surface area contributed by atoms with Gasteiger partial charge in [-0.1, -0.05) is 48.5 Å². The van der Waals surface area contributed by atoms with Gasteiger partial charge >= 0.3 is 30.0 Å². The Morgan fingerprint density at radius 1 is 0.792 bits per heavy atom. The fourth-order valence-corrected chi connectivity index (χ4v) is 5.84. The normalized spacial score (nSPS) is 22.6. The fourth-order valence-electron chi connectivity index (χ4n) is 5.84. The Labute approximate surface area is 276 Å². The molecule has 0 spiro atoms. The van der Waals surface area contributed by atoms with E-state index in [1.165, 1.54) is 6.92 Å². The Morgan fingerprint density at radius 2 is 1.35 bits per heavy atom. The molecular formula is C33H38N2O13. The number of carbonyl (C=O) groups excluding carboxylic acids is 5. The van der Waals surface area contributed by atoms with Gasteiger partial charge in [-0.25, -0.2) is 9.59 Å². The van der Waals surface area contributed by atoms with Crippen LogP contribution in [0, 0.1) is 0 Å². The first kappa shape index (κ1) is 35.8. The van der Waals surface area contributed by atoms with Crippen LogP contribution in [0.25, 0.3) is 11.1 Å². The van der Waals surface area contributed by atoms with Crippen molar-refractivity contribution in [3.8, 4) is 11.1 Å². The van der Waals surface area contributed by atoms with Gasteiger partial charge in [-0.05, 0) is 29.2 Å². The summed E-state index contributed by atoms with van der Waals surface area (Å²) >= 11 is 0. The minimum Gasteiger partial charge on any atom is -0.480 e. The Bertz CT molecular complexity index is 1500. The molecule has 1 aliphatic heterocycles. The number of rotatable bonds is 12. The molecule has 48 heavy (non-hydrogen) atoms. The number of benzene rings is 2. The van der Waals surface area contributed by atoms with Crippen molar-refractivity contribution in [2.24, 2.45) is 0 Å². The van der Waals surface area contributed by atoms with E-state index >= 15 is 0 Å². The molecule has 2 aliphatic rings. The van der Waals surface area contributed by atoms with E-state index in [4.69, 9.17) is 28.4 Å². The van der Waals surface area contributed by atoms with Crippen molar-refractivity contribution in [3.05, 3.63) is 59.7 Å². The monoisotopic (exact) mass is 670 g/mol. The zero-order valence-electron chi connectivity index (χ0n) is 27.0. The number of carbonyl (C=O) groups is 6. The number of amides is 2. The summed E-state index contributed by atoms with van der Waals surface area (Å²) in [6.45, 7) is 5.26. The molecular weight excluding hydrogens is 632 g/mol. The highest BCUT2D eigenvalue weighted by molar-refractivity contribution is 5.81. The molecule has 0 aromatic heterocycles. The van der Waals surface area contributed by atoms with Gasteiger partial charge < -0.3 is 44.2 Å². The van der Waals surface area contributed by atoms with Gasteiger partial charge in [0, 0.05) is 33.6 Å². The number of aliphatic carboxylic acids is 1. The van der Waals surface area contributed by atoms with E-state index in [0.717, 1.165) is 49.9 Å². The maximum Gasteiger partial charge on any atom is 0.407 e. The van der Waals surface area contributed by atoms with E-state index in [9.17, 15) is 33.9 Å². The van der Waals surface area contributed by atoms with Crippen LogP contribution in [0.2, 0.25) is 0 Å². The maximum absolute atomic E-state index is 13.0. The van der Waals surface area contributed by atoms with Crippen LogP contribution in [0.3, 0.4) is 0 Å². The van der Waals surface area contributed by atoms with Crippen LogP contribution in [0.4, 0.5) is 4.79 Å². The molecule has 2 aromatic carbocycles. The molecule has 15 heteroatoms. The van der Waals surface area contributed by atoms with Crippen molar-refractivity contribution in [1.82, 2.24) is 10.6 Å². The largest absolute Gasteiger partial charge is 0.480 e. The second kappa shape index (κ2) is 15.7. The minimum atomic E-state index is -1.69. The summed E-state index contributed by atoms with van der Waals surface area (Å²) in [4.78, 5) is 73.2. The topological polar surface area (TPSA) is 202 Å². The molecule has 1 heterocycles. The number of alkyl carbamates (subject to hydrolysis) is 1. The first-order chi connectivity index (χ1) is 22.8. The molecule has 15 nitrogen and oxygen atoms in total. The lowest BCUT2D eigenvalue weighted by Crippen LogP contribution is -2.67. The predicted octanol–water partition coefficient (Wildman–Crippen LogP) is 2.04. The number of hydrogen-bond acceptors (Lipinski definition) is 12. The summed E-state index contributed by atoms with van der Waals surface area (Å²) in [5.41, 5.74) is 3.97. The van der Waals surface area contributed by atoms with Gasteiger partial charge in [-0.2, -0.15) is 0 Å². The van der Waals surface area contributed by atoms with Crippen LogP contribution in [0.15, 0.2) is 48.5 Å². The summed E-state index contributed by atoms with van der Waals surface area (Å²) in [6.07, 6.45) is -7.98. The van der Waals surface area contributed by atoms with Gasteiger partial charge in [-0.15, -0.1) is 0 Å². The van der Waals surface area contributed by atoms with Crippen molar-refractivity contribution < 1.29 is 62.3 Å². The molecule has 2 amide bonds. The number of carboxylic acid groups (broad SMARTS) is 1. The number of ether oxygens (including phenoxy) is 6. The van der Waals surface area contributed by atoms with Crippen LogP contribution < -0.4 is 10.6 Å². The summed E-state index contributed by atoms with van der Waals surface area (Å²) in [5, 5.41) is 14.9. The first-order valence-electron chi connectivity index (χ1n) is 15.2. The van der Waals surface area contributed by atoms with E-state index in [1.807, 2.05) is 48.5 Å². The summed E-state index contributed by atoms with van der Waals surface area (Å²) in [6, 6.07) is 12.4. The number of hydrogen-bond donors (Lipinski definition) is 3. The lowest BCUT2D eigenvalue weighted by molar-refractivity contribution is -0.287. The molecule has 7 atom stereocenters. The van der Waals surface area contributed by atoms with Gasteiger partial charge in [0.25, 0.3) is 0 Å². The summed E-state index contributed by atoms with van der Waals surface area (Å²) < 4.78 is 33.2. The molecule has 2 aromatic rings. The first-order valence-corrected chi connectivity index (χ1v) is 15.2. The van der Waals surface area contributed by atoms with E-state index in [-0.39, 0.29) is 12.5 Å². The summed E-state index contributed by atoms with van der Waals surface area (Å²) in [7, 11) is 0. The highest BCUT2D eigenvalue weighted by Gasteiger charge is 2.52. The highest BCUT2D eigenvalue weighted by Crippen LogP contribution is 2.44. The van der Waals surface area contributed by atoms with Gasteiger partial charge in [0.15, 0.2) is 24.5 Å².